The first-order valence-electron chi connectivity index (χ1n) is 9.10. The molecule has 1 aliphatic rings. The molecule has 0 amide bonds. The summed E-state index contributed by atoms with van der Waals surface area (Å²) in [6, 6.07) is 5.09. The first kappa shape index (κ1) is 19.2. The normalized spacial score (nSPS) is 16.4. The van der Waals surface area contributed by atoms with Crippen molar-refractivity contribution in [2.75, 3.05) is 13.1 Å². The Kier molecular flexibility index (Phi) is 5.95. The van der Waals surface area contributed by atoms with Gasteiger partial charge in [0.25, 0.3) is 0 Å². The molecule has 0 spiro atoms. The number of benzene rings is 1. The SMILES string of the molecule is CC(C)CC(C(=O)O)C(Cc1ccc(C2=CCNC2)c(F)c1)c1nn[nH]n1. The Labute approximate surface area is 157 Å². The lowest BCUT2D eigenvalue weighted by molar-refractivity contribution is -0.143. The summed E-state index contributed by atoms with van der Waals surface area (Å²) in [5, 5.41) is 26.9. The van der Waals surface area contributed by atoms with Crippen LogP contribution < -0.4 is 5.32 Å². The molecule has 0 radical (unpaired) electrons. The maximum atomic E-state index is 14.6. The molecule has 7 nitrogen and oxygen atoms in total. The van der Waals surface area contributed by atoms with E-state index in [2.05, 4.69) is 25.9 Å². The lowest BCUT2D eigenvalue weighted by Gasteiger charge is -2.23. The second kappa shape index (κ2) is 8.39. The standard InChI is InChI=1S/C19H24FN5O2/c1-11(2)7-16(19(26)27)15(18-22-24-25-23-18)8-12-3-4-14(17(20)9-12)13-5-6-21-10-13/h3-5,9,11,15-16,21H,6-8,10H2,1-2H3,(H,26,27)(H,22,23,24,25). The average molecular weight is 373 g/mol. The molecule has 2 heterocycles. The number of carboxylic acids is 1. The zero-order valence-electron chi connectivity index (χ0n) is 15.4. The molecule has 2 unspecified atom stereocenters. The lowest BCUT2D eigenvalue weighted by atomic mass is 9.81. The first-order chi connectivity index (χ1) is 13.0. The van der Waals surface area contributed by atoms with Crippen molar-refractivity contribution in [3.05, 3.63) is 47.0 Å². The Morgan fingerprint density at radius 3 is 2.74 bits per heavy atom. The highest BCUT2D eigenvalue weighted by Crippen LogP contribution is 2.32. The fourth-order valence-electron chi connectivity index (χ4n) is 3.56. The maximum absolute atomic E-state index is 14.6. The van der Waals surface area contributed by atoms with Crippen molar-refractivity contribution in [1.82, 2.24) is 25.9 Å². The third-order valence-corrected chi connectivity index (χ3v) is 4.86. The highest BCUT2D eigenvalue weighted by atomic mass is 19.1. The Morgan fingerprint density at radius 1 is 1.37 bits per heavy atom. The summed E-state index contributed by atoms with van der Waals surface area (Å²) in [6.07, 6.45) is 2.79. The van der Waals surface area contributed by atoms with E-state index in [0.717, 1.165) is 12.1 Å². The number of aromatic nitrogens is 4. The van der Waals surface area contributed by atoms with E-state index in [1.165, 1.54) is 6.07 Å². The van der Waals surface area contributed by atoms with Crippen LogP contribution in [0.5, 0.6) is 0 Å². The Bertz CT molecular complexity index is 820. The number of hydrogen-bond acceptors (Lipinski definition) is 5. The van der Waals surface area contributed by atoms with Crippen molar-refractivity contribution < 1.29 is 14.3 Å². The van der Waals surface area contributed by atoms with Crippen LogP contribution in [0.1, 0.15) is 43.1 Å². The van der Waals surface area contributed by atoms with Gasteiger partial charge in [0, 0.05) is 24.6 Å². The van der Waals surface area contributed by atoms with Gasteiger partial charge in [-0.1, -0.05) is 37.3 Å². The van der Waals surface area contributed by atoms with Gasteiger partial charge >= 0.3 is 5.97 Å². The molecule has 1 aromatic carbocycles. The summed E-state index contributed by atoms with van der Waals surface area (Å²) in [7, 11) is 0. The third kappa shape index (κ3) is 4.57. The van der Waals surface area contributed by atoms with Crippen molar-refractivity contribution in [1.29, 1.82) is 0 Å². The van der Waals surface area contributed by atoms with E-state index in [1.54, 1.807) is 6.07 Å². The van der Waals surface area contributed by atoms with E-state index in [0.29, 0.717) is 36.3 Å². The summed E-state index contributed by atoms with van der Waals surface area (Å²) >= 11 is 0. The van der Waals surface area contributed by atoms with Crippen LogP contribution in [0.15, 0.2) is 24.3 Å². The second-order valence-electron chi connectivity index (χ2n) is 7.33. The molecule has 144 valence electrons. The smallest absolute Gasteiger partial charge is 0.307 e. The molecular formula is C19H24FN5O2. The minimum Gasteiger partial charge on any atom is -0.481 e. The fraction of sp³-hybridized carbons (Fsp3) is 0.474. The van der Waals surface area contributed by atoms with E-state index >= 15 is 0 Å². The van der Waals surface area contributed by atoms with Crippen LogP contribution in [0.2, 0.25) is 0 Å². The molecule has 2 atom stereocenters. The van der Waals surface area contributed by atoms with E-state index in [1.807, 2.05) is 26.0 Å². The number of nitrogens with one attached hydrogen (secondary N) is 2. The molecule has 3 N–H and O–H groups in total. The van der Waals surface area contributed by atoms with Gasteiger partial charge in [0.15, 0.2) is 5.82 Å². The molecule has 0 saturated carbocycles. The number of aromatic amines is 1. The van der Waals surface area contributed by atoms with Crippen LogP contribution in [0.4, 0.5) is 4.39 Å². The Balaban J connectivity index is 1.88. The molecule has 0 aliphatic carbocycles. The summed E-state index contributed by atoms with van der Waals surface area (Å²) in [5.41, 5.74) is 2.24. The molecule has 27 heavy (non-hydrogen) atoms. The van der Waals surface area contributed by atoms with Crippen LogP contribution in [0, 0.1) is 17.7 Å². The van der Waals surface area contributed by atoms with Gasteiger partial charge in [-0.25, -0.2) is 4.39 Å². The van der Waals surface area contributed by atoms with Gasteiger partial charge in [0.05, 0.1) is 5.92 Å². The predicted octanol–water partition coefficient (Wildman–Crippen LogP) is 2.40. The fourth-order valence-corrected chi connectivity index (χ4v) is 3.56. The van der Waals surface area contributed by atoms with E-state index in [9.17, 15) is 14.3 Å². The zero-order chi connectivity index (χ0) is 19.4. The minimum atomic E-state index is -0.905. The summed E-state index contributed by atoms with van der Waals surface area (Å²) < 4.78 is 14.6. The molecule has 0 bridgehead atoms. The molecular weight excluding hydrogens is 349 g/mol. The Hall–Kier alpha value is -2.61. The molecule has 1 aliphatic heterocycles. The minimum absolute atomic E-state index is 0.196. The zero-order valence-corrected chi connectivity index (χ0v) is 15.4. The number of carboxylic acid groups (broad SMARTS) is 1. The van der Waals surface area contributed by atoms with Crippen molar-refractivity contribution in [3.8, 4) is 0 Å². The number of nitrogens with zero attached hydrogens (tertiary/aromatic N) is 3. The van der Waals surface area contributed by atoms with Gasteiger partial charge in [-0.2, -0.15) is 5.21 Å². The monoisotopic (exact) mass is 373 g/mol. The summed E-state index contributed by atoms with van der Waals surface area (Å²) in [6.45, 7) is 5.34. The van der Waals surface area contributed by atoms with E-state index in [-0.39, 0.29) is 11.7 Å². The van der Waals surface area contributed by atoms with Crippen LogP contribution in [-0.4, -0.2) is 44.8 Å². The average Bonchev–Trinajstić information content (AvgIpc) is 3.31. The molecule has 0 saturated heterocycles. The number of hydrogen-bond donors (Lipinski definition) is 3. The first-order valence-corrected chi connectivity index (χ1v) is 9.10. The van der Waals surface area contributed by atoms with Gasteiger partial charge in [0.1, 0.15) is 5.82 Å². The molecule has 8 heteroatoms. The van der Waals surface area contributed by atoms with Gasteiger partial charge in [-0.05, 0) is 36.0 Å². The van der Waals surface area contributed by atoms with Crippen LogP contribution in [0.3, 0.4) is 0 Å². The van der Waals surface area contributed by atoms with Crippen LogP contribution in [0.25, 0.3) is 5.57 Å². The van der Waals surface area contributed by atoms with Crippen molar-refractivity contribution >= 4 is 11.5 Å². The third-order valence-electron chi connectivity index (χ3n) is 4.86. The van der Waals surface area contributed by atoms with Gasteiger partial charge in [-0.15, -0.1) is 10.2 Å². The van der Waals surface area contributed by atoms with Gasteiger partial charge in [0.2, 0.25) is 0 Å². The summed E-state index contributed by atoms with van der Waals surface area (Å²) in [5.74, 6) is -1.83. The number of halogens is 1. The van der Waals surface area contributed by atoms with Crippen molar-refractivity contribution in [2.24, 2.45) is 11.8 Å². The van der Waals surface area contributed by atoms with Crippen LogP contribution >= 0.6 is 0 Å². The van der Waals surface area contributed by atoms with E-state index in [4.69, 9.17) is 0 Å². The molecule has 0 fully saturated rings. The molecule has 3 rings (SSSR count). The number of carbonyl (C=O) groups is 1. The van der Waals surface area contributed by atoms with Gasteiger partial charge in [-0.3, -0.25) is 4.79 Å². The number of H-pyrrole nitrogens is 1. The quantitative estimate of drug-likeness (QED) is 0.656. The number of tetrazole rings is 1. The second-order valence-corrected chi connectivity index (χ2v) is 7.33. The maximum Gasteiger partial charge on any atom is 0.307 e. The molecule has 2 aromatic rings. The van der Waals surface area contributed by atoms with Crippen molar-refractivity contribution in [2.45, 2.75) is 32.6 Å². The van der Waals surface area contributed by atoms with Crippen molar-refractivity contribution in [3.63, 3.8) is 0 Å². The largest absolute Gasteiger partial charge is 0.481 e. The number of rotatable bonds is 8. The predicted molar refractivity (Wildman–Crippen MR) is 98.5 cm³/mol. The molecule has 1 aromatic heterocycles. The topological polar surface area (TPSA) is 104 Å². The van der Waals surface area contributed by atoms with E-state index < -0.39 is 17.8 Å². The highest BCUT2D eigenvalue weighted by molar-refractivity contribution is 5.71. The Morgan fingerprint density at radius 2 is 2.19 bits per heavy atom. The summed E-state index contributed by atoms with van der Waals surface area (Å²) in [4.78, 5) is 11.9. The highest BCUT2D eigenvalue weighted by Gasteiger charge is 2.33. The lowest BCUT2D eigenvalue weighted by Crippen LogP contribution is -2.26. The number of aliphatic carboxylic acids is 1. The van der Waals surface area contributed by atoms with Gasteiger partial charge < -0.3 is 10.4 Å². The van der Waals surface area contributed by atoms with Crippen LogP contribution in [-0.2, 0) is 11.2 Å².